The number of carbonyl (C=O) groups excluding carboxylic acids is 1. The highest BCUT2D eigenvalue weighted by atomic mass is 35.7. The fraction of sp³-hybridized carbons (Fsp3) is 0. The molecule has 42 heavy (non-hydrogen) atoms. The second-order valence-electron chi connectivity index (χ2n) is 8.82. The van der Waals surface area contributed by atoms with Crippen molar-refractivity contribution in [3.8, 4) is 0 Å². The van der Waals surface area contributed by atoms with E-state index in [1.165, 1.54) is 36.0 Å². The molecule has 0 radical (unpaired) electrons. The first-order chi connectivity index (χ1) is 20.0. The average molecular weight is 646 g/mol. The van der Waals surface area contributed by atoms with Gasteiger partial charge in [-0.2, -0.15) is 14.0 Å². The van der Waals surface area contributed by atoms with Crippen LogP contribution in [0, 0.1) is 21.9 Å². The van der Waals surface area contributed by atoms with E-state index in [1.54, 1.807) is 66.7 Å². The lowest BCUT2D eigenvalue weighted by molar-refractivity contribution is -1.91. The highest BCUT2D eigenvalue weighted by Crippen LogP contribution is 2.70. The minimum atomic E-state index is -4.97. The maximum atomic E-state index is 13.8. The van der Waals surface area contributed by atoms with Gasteiger partial charge in [-0.3, -0.25) is 4.79 Å². The zero-order valence-corrected chi connectivity index (χ0v) is 24.6. The Bertz CT molecular complexity index is 1650. The maximum Gasteiger partial charge on any atom is 0.194 e. The molecule has 5 nitrogen and oxygen atoms in total. The normalized spacial score (nSPS) is 12.2. The van der Waals surface area contributed by atoms with E-state index in [4.69, 9.17) is 15.3 Å². The van der Waals surface area contributed by atoms with Crippen LogP contribution in [0.5, 0.6) is 0 Å². The first kappa shape index (κ1) is 30.2. The van der Waals surface area contributed by atoms with Crippen LogP contribution >= 0.6 is 33.7 Å². The van der Waals surface area contributed by atoms with Crippen LogP contribution in [-0.4, -0.2) is 5.78 Å². The first-order valence-corrected chi connectivity index (χ1v) is 16.2. The quantitative estimate of drug-likeness (QED) is 0.180. The Kier molecular flexibility index (Phi) is 9.03. The van der Waals surface area contributed by atoms with Gasteiger partial charge < -0.3 is 0 Å². The fourth-order valence-corrected chi connectivity index (χ4v) is 9.44. The van der Waals surface area contributed by atoms with Crippen molar-refractivity contribution in [3.05, 3.63) is 149 Å². The van der Waals surface area contributed by atoms with Crippen LogP contribution < -0.4 is 14.0 Å². The van der Waals surface area contributed by atoms with Gasteiger partial charge in [0.1, 0.15) is 15.4 Å². The Hall–Kier alpha value is -3.25. The Balaban J connectivity index is 1.54. The Labute approximate surface area is 253 Å². The van der Waals surface area contributed by atoms with Crippen molar-refractivity contribution in [3.63, 3.8) is 0 Å². The third-order valence-corrected chi connectivity index (χ3v) is 11.6. The number of halogens is 4. The number of hydrogen-bond acceptors (Lipinski definition) is 6. The molecule has 0 aromatic heterocycles. The zero-order valence-electron chi connectivity index (χ0n) is 21.4. The van der Waals surface area contributed by atoms with E-state index < -0.39 is 32.2 Å². The number of rotatable bonds is 9. The van der Waals surface area contributed by atoms with Crippen LogP contribution in [-0.2, 0) is 3.74 Å². The van der Waals surface area contributed by atoms with Gasteiger partial charge in [0.2, 0.25) is 0 Å². The minimum absolute atomic E-state index is 0.213. The van der Waals surface area contributed by atoms with Gasteiger partial charge in [0.05, 0.1) is 25.6 Å². The summed E-state index contributed by atoms with van der Waals surface area (Å²) < 4.78 is 69.1. The van der Waals surface area contributed by atoms with E-state index in [2.05, 4.69) is 0 Å². The van der Waals surface area contributed by atoms with E-state index in [1.807, 2.05) is 6.07 Å². The Morgan fingerprint density at radius 3 is 1.67 bits per heavy atom. The number of benzene rings is 5. The molecule has 0 bridgehead atoms. The molecule has 0 aliphatic carbocycles. The van der Waals surface area contributed by atoms with Crippen LogP contribution in [0.3, 0.4) is 0 Å². The molecule has 0 N–H and O–H groups in total. The Morgan fingerprint density at radius 2 is 1.17 bits per heavy atom. The summed E-state index contributed by atoms with van der Waals surface area (Å²) in [6.07, 6.45) is 0. The van der Waals surface area contributed by atoms with Gasteiger partial charge >= 0.3 is 0 Å². The van der Waals surface area contributed by atoms with Gasteiger partial charge in [-0.05, 0) is 91.0 Å². The van der Waals surface area contributed by atoms with Gasteiger partial charge in [-0.1, -0.05) is 53.7 Å². The van der Waals surface area contributed by atoms with Crippen molar-refractivity contribution < 1.29 is 41.5 Å². The van der Waals surface area contributed by atoms with Crippen LogP contribution in [0.25, 0.3) is 0 Å². The van der Waals surface area contributed by atoms with Gasteiger partial charge in [-0.25, -0.2) is 8.78 Å². The van der Waals surface area contributed by atoms with Gasteiger partial charge in [0.25, 0.3) is 0 Å². The number of ketones is 1. The van der Waals surface area contributed by atoms with Crippen LogP contribution in [0.1, 0.15) is 15.9 Å². The standard InChI is InChI=1S/C31H20Cl2F2O5S2/c32-30-19-12-25(20-29(30)31(36)21-4-2-1-3-5-21)41-24-10-17-28(18-11-24)42(40-33(37,38)39,26-13-6-22(34)7-14-26)27-15-8-23(35)9-16-27/h1-20H. The maximum absolute atomic E-state index is 13.8. The van der Waals surface area contributed by atoms with Crippen molar-refractivity contribution in [1.29, 1.82) is 0 Å². The second kappa shape index (κ2) is 12.5. The van der Waals surface area contributed by atoms with E-state index >= 15 is 0 Å². The topological polar surface area (TPSA) is 95.5 Å². The van der Waals surface area contributed by atoms with Gasteiger partial charge in [-0.15, -0.1) is 0 Å². The van der Waals surface area contributed by atoms with Crippen LogP contribution in [0.4, 0.5) is 8.78 Å². The van der Waals surface area contributed by atoms with Crippen molar-refractivity contribution >= 4 is 39.5 Å². The lowest BCUT2D eigenvalue weighted by Crippen LogP contribution is -2.61. The summed E-state index contributed by atoms with van der Waals surface area (Å²) in [4.78, 5) is 15.2. The Morgan fingerprint density at radius 1 is 0.690 bits per heavy atom. The minimum Gasteiger partial charge on any atom is -0.289 e. The molecule has 0 saturated heterocycles. The lowest BCUT2D eigenvalue weighted by atomic mass is 10.0. The average Bonchev–Trinajstić information content (AvgIpc) is 2.98. The van der Waals surface area contributed by atoms with Gasteiger partial charge in [0.15, 0.2) is 5.78 Å². The van der Waals surface area contributed by atoms with Gasteiger partial charge in [0, 0.05) is 35.6 Å². The summed E-state index contributed by atoms with van der Waals surface area (Å²) in [7, 11) is -8.26. The van der Waals surface area contributed by atoms with E-state index in [0.717, 1.165) is 29.2 Å². The summed E-state index contributed by atoms with van der Waals surface area (Å²) in [5, 5.41) is 0.311. The molecule has 0 saturated carbocycles. The third kappa shape index (κ3) is 6.70. The molecule has 0 aliphatic heterocycles. The third-order valence-electron chi connectivity index (χ3n) is 6.07. The summed E-state index contributed by atoms with van der Waals surface area (Å²) >= 11 is 7.67. The molecule has 0 spiro atoms. The smallest absolute Gasteiger partial charge is 0.194 e. The zero-order chi connectivity index (χ0) is 29.9. The molecular weight excluding hydrogens is 625 g/mol. The molecule has 0 atom stereocenters. The fourth-order valence-electron chi connectivity index (χ4n) is 4.21. The summed E-state index contributed by atoms with van der Waals surface area (Å²) in [6.45, 7) is 0. The molecule has 0 heterocycles. The molecule has 0 amide bonds. The molecule has 5 rings (SSSR count). The van der Waals surface area contributed by atoms with Crippen molar-refractivity contribution in [2.75, 3.05) is 0 Å². The molecule has 11 heteroatoms. The summed E-state index contributed by atoms with van der Waals surface area (Å²) in [5.41, 5.74) is 0.841. The lowest BCUT2D eigenvalue weighted by Gasteiger charge is -2.34. The van der Waals surface area contributed by atoms with E-state index in [9.17, 15) is 27.6 Å². The van der Waals surface area contributed by atoms with E-state index in [-0.39, 0.29) is 15.6 Å². The largest absolute Gasteiger partial charge is 0.289 e. The molecule has 5 aromatic rings. The monoisotopic (exact) mass is 644 g/mol. The molecule has 214 valence electrons. The highest BCUT2D eigenvalue weighted by Gasteiger charge is 2.46. The molecule has 0 fully saturated rings. The highest BCUT2D eigenvalue weighted by molar-refractivity contribution is 8.29. The molecule has 5 aromatic carbocycles. The molecule has 0 aliphatic rings. The predicted octanol–water partition coefficient (Wildman–Crippen LogP) is 6.11. The predicted molar refractivity (Wildman–Crippen MR) is 148 cm³/mol. The number of hydrogen-bond donors (Lipinski definition) is 0. The van der Waals surface area contributed by atoms with Crippen LogP contribution in [0.15, 0.2) is 146 Å². The van der Waals surface area contributed by atoms with Crippen molar-refractivity contribution in [2.24, 2.45) is 0 Å². The van der Waals surface area contributed by atoms with Crippen molar-refractivity contribution in [1.82, 2.24) is 0 Å². The van der Waals surface area contributed by atoms with Crippen LogP contribution in [0.2, 0.25) is 5.02 Å². The van der Waals surface area contributed by atoms with E-state index in [0.29, 0.717) is 25.9 Å². The SMILES string of the molecule is O=C(c1ccccc1)c1cc(Sc2ccc(S(O[Cl+3]([O-])([O-])[O-])(c3ccc(F)cc3)c3ccc(F)cc3)cc2)ccc1Cl. The second-order valence-corrected chi connectivity index (χ2v) is 14.2. The van der Waals surface area contributed by atoms with Crippen molar-refractivity contribution in [2.45, 2.75) is 24.5 Å². The molecule has 0 unspecified atom stereocenters. The number of carbonyl (C=O) groups is 1. The first-order valence-electron chi connectivity index (χ1n) is 12.2. The summed E-state index contributed by atoms with van der Waals surface area (Å²) in [6, 6.07) is 30.2. The summed E-state index contributed by atoms with van der Waals surface area (Å²) in [5.74, 6) is -1.37. The molecular formula is C31H20Cl2F2O5S2.